The van der Waals surface area contributed by atoms with E-state index in [1.54, 1.807) is 0 Å². The van der Waals surface area contributed by atoms with Crippen LogP contribution in [0.4, 0.5) is 4.39 Å². The Morgan fingerprint density at radius 3 is 3.00 bits per heavy atom. The molecule has 1 heterocycles. The number of rotatable bonds is 4. The van der Waals surface area contributed by atoms with Gasteiger partial charge in [0.25, 0.3) is 0 Å². The normalized spacial score (nSPS) is 21.8. The lowest BCUT2D eigenvalue weighted by molar-refractivity contribution is 0.00212. The minimum Gasteiger partial charge on any atom is -0.388 e. The molecule has 4 heteroatoms. The summed E-state index contributed by atoms with van der Waals surface area (Å²) in [7, 11) is 0. The highest BCUT2D eigenvalue weighted by Gasteiger charge is 2.18. The average molecular weight is 273 g/mol. The summed E-state index contributed by atoms with van der Waals surface area (Å²) >= 11 is 5.95. The largest absolute Gasteiger partial charge is 0.388 e. The summed E-state index contributed by atoms with van der Waals surface area (Å²) in [4.78, 5) is 0. The first-order chi connectivity index (χ1) is 8.66. The van der Waals surface area contributed by atoms with Gasteiger partial charge in [-0.1, -0.05) is 11.6 Å². The van der Waals surface area contributed by atoms with Gasteiger partial charge >= 0.3 is 0 Å². The van der Waals surface area contributed by atoms with Crippen LogP contribution in [0.3, 0.4) is 0 Å². The Hall–Kier alpha value is -0.640. The van der Waals surface area contributed by atoms with Crippen molar-refractivity contribution in [2.75, 3.05) is 6.61 Å². The van der Waals surface area contributed by atoms with E-state index in [9.17, 15) is 9.50 Å². The highest BCUT2D eigenvalue weighted by molar-refractivity contribution is 6.31. The molecule has 18 heavy (non-hydrogen) atoms. The van der Waals surface area contributed by atoms with Crippen LogP contribution in [-0.2, 0) is 4.74 Å². The summed E-state index contributed by atoms with van der Waals surface area (Å²) in [6.07, 6.45) is 4.18. The Morgan fingerprint density at radius 1 is 1.44 bits per heavy atom. The fourth-order valence-electron chi connectivity index (χ4n) is 2.30. The van der Waals surface area contributed by atoms with Crippen LogP contribution >= 0.6 is 11.6 Å². The van der Waals surface area contributed by atoms with Crippen molar-refractivity contribution in [1.82, 2.24) is 0 Å². The quantitative estimate of drug-likeness (QED) is 0.902. The Balaban J connectivity index is 1.90. The monoisotopic (exact) mass is 272 g/mol. The first-order valence-corrected chi connectivity index (χ1v) is 6.79. The van der Waals surface area contributed by atoms with Crippen molar-refractivity contribution in [3.05, 3.63) is 34.6 Å². The number of aliphatic hydroxyl groups excluding tert-OH is 1. The van der Waals surface area contributed by atoms with Gasteiger partial charge in [0.1, 0.15) is 5.82 Å². The molecule has 2 unspecified atom stereocenters. The Bertz CT molecular complexity index is 391. The van der Waals surface area contributed by atoms with Crippen molar-refractivity contribution in [3.8, 4) is 0 Å². The van der Waals surface area contributed by atoms with Crippen LogP contribution in [0.2, 0.25) is 5.02 Å². The van der Waals surface area contributed by atoms with Crippen LogP contribution in [0.5, 0.6) is 0 Å². The predicted molar refractivity (Wildman–Crippen MR) is 69.2 cm³/mol. The molecule has 1 aromatic rings. The number of aliphatic hydroxyl groups is 1. The lowest BCUT2D eigenvalue weighted by Crippen LogP contribution is -2.19. The fraction of sp³-hybridized carbons (Fsp3) is 0.571. The summed E-state index contributed by atoms with van der Waals surface area (Å²) in [5.74, 6) is -0.373. The Labute approximate surface area is 112 Å². The second kappa shape index (κ2) is 6.50. The smallest absolute Gasteiger partial charge is 0.123 e. The van der Waals surface area contributed by atoms with Gasteiger partial charge in [0.2, 0.25) is 0 Å². The molecule has 1 aromatic carbocycles. The minimum absolute atomic E-state index is 0.223. The van der Waals surface area contributed by atoms with Gasteiger partial charge in [0.15, 0.2) is 0 Å². The Kier molecular flexibility index (Phi) is 4.98. The van der Waals surface area contributed by atoms with Crippen LogP contribution in [0.25, 0.3) is 0 Å². The molecule has 1 N–H and O–H groups in total. The van der Waals surface area contributed by atoms with E-state index in [0.29, 0.717) is 17.0 Å². The highest BCUT2D eigenvalue weighted by atomic mass is 35.5. The standard InChI is InChI=1S/C14H18ClFO2/c15-13-6-4-10(16)9-12(13)14(17)7-5-11-3-1-2-8-18-11/h4,6,9,11,14,17H,1-3,5,7-8H2. The first kappa shape index (κ1) is 13.8. The van der Waals surface area contributed by atoms with E-state index in [1.807, 2.05) is 0 Å². The summed E-state index contributed by atoms with van der Waals surface area (Å²) in [5.41, 5.74) is 0.465. The van der Waals surface area contributed by atoms with E-state index >= 15 is 0 Å². The van der Waals surface area contributed by atoms with Gasteiger partial charge in [0, 0.05) is 17.2 Å². The summed E-state index contributed by atoms with van der Waals surface area (Å²) in [5, 5.41) is 10.5. The van der Waals surface area contributed by atoms with Crippen LogP contribution < -0.4 is 0 Å². The molecule has 100 valence electrons. The van der Waals surface area contributed by atoms with E-state index in [0.717, 1.165) is 25.9 Å². The van der Waals surface area contributed by atoms with Gasteiger partial charge in [0.05, 0.1) is 12.2 Å². The maximum atomic E-state index is 13.1. The number of hydrogen-bond donors (Lipinski definition) is 1. The molecule has 0 aromatic heterocycles. The highest BCUT2D eigenvalue weighted by Crippen LogP contribution is 2.28. The molecule has 2 atom stereocenters. The number of benzene rings is 1. The molecule has 1 aliphatic rings. The predicted octanol–water partition coefficient (Wildman–Crippen LogP) is 3.86. The van der Waals surface area contributed by atoms with Gasteiger partial charge in [-0.15, -0.1) is 0 Å². The van der Waals surface area contributed by atoms with Crippen LogP contribution in [-0.4, -0.2) is 17.8 Å². The van der Waals surface area contributed by atoms with Crippen molar-refractivity contribution in [3.63, 3.8) is 0 Å². The fourth-order valence-corrected chi connectivity index (χ4v) is 2.55. The van der Waals surface area contributed by atoms with E-state index in [-0.39, 0.29) is 11.9 Å². The summed E-state index contributed by atoms with van der Waals surface area (Å²) in [6, 6.07) is 4.07. The number of hydrogen-bond acceptors (Lipinski definition) is 2. The van der Waals surface area contributed by atoms with Gasteiger partial charge in [-0.05, 0) is 50.3 Å². The summed E-state index contributed by atoms with van der Waals surface area (Å²) in [6.45, 7) is 0.807. The zero-order valence-electron chi connectivity index (χ0n) is 10.2. The van der Waals surface area contributed by atoms with Crippen LogP contribution in [0, 0.1) is 5.82 Å². The van der Waals surface area contributed by atoms with Gasteiger partial charge in [-0.2, -0.15) is 0 Å². The maximum absolute atomic E-state index is 13.1. The molecule has 0 amide bonds. The third-order valence-corrected chi connectivity index (χ3v) is 3.70. The van der Waals surface area contributed by atoms with Crippen molar-refractivity contribution >= 4 is 11.6 Å². The van der Waals surface area contributed by atoms with Gasteiger partial charge in [-0.25, -0.2) is 4.39 Å². The molecule has 0 bridgehead atoms. The topological polar surface area (TPSA) is 29.5 Å². The minimum atomic E-state index is -0.723. The second-order valence-electron chi connectivity index (χ2n) is 4.75. The zero-order valence-corrected chi connectivity index (χ0v) is 11.0. The van der Waals surface area contributed by atoms with Gasteiger partial charge < -0.3 is 9.84 Å². The molecular formula is C14H18ClFO2. The van der Waals surface area contributed by atoms with Crippen molar-refractivity contribution in [2.24, 2.45) is 0 Å². The Morgan fingerprint density at radius 2 is 2.28 bits per heavy atom. The molecule has 1 aliphatic heterocycles. The molecule has 2 rings (SSSR count). The second-order valence-corrected chi connectivity index (χ2v) is 5.15. The van der Waals surface area contributed by atoms with Gasteiger partial charge in [-0.3, -0.25) is 0 Å². The van der Waals surface area contributed by atoms with Crippen molar-refractivity contribution < 1.29 is 14.2 Å². The van der Waals surface area contributed by atoms with E-state index in [1.165, 1.54) is 24.6 Å². The molecule has 1 fully saturated rings. The first-order valence-electron chi connectivity index (χ1n) is 6.41. The van der Waals surface area contributed by atoms with Crippen LogP contribution in [0.1, 0.15) is 43.8 Å². The third-order valence-electron chi connectivity index (χ3n) is 3.35. The maximum Gasteiger partial charge on any atom is 0.123 e. The average Bonchev–Trinajstić information content (AvgIpc) is 2.40. The molecule has 1 saturated heterocycles. The van der Waals surface area contributed by atoms with E-state index in [4.69, 9.17) is 16.3 Å². The van der Waals surface area contributed by atoms with Crippen molar-refractivity contribution in [2.45, 2.75) is 44.3 Å². The number of ether oxygens (including phenoxy) is 1. The van der Waals surface area contributed by atoms with Crippen LogP contribution in [0.15, 0.2) is 18.2 Å². The van der Waals surface area contributed by atoms with E-state index in [2.05, 4.69) is 0 Å². The number of halogens is 2. The lowest BCUT2D eigenvalue weighted by atomic mass is 9.99. The molecule has 2 nitrogen and oxygen atoms in total. The van der Waals surface area contributed by atoms with Crippen molar-refractivity contribution in [1.29, 1.82) is 0 Å². The zero-order chi connectivity index (χ0) is 13.0. The molecular weight excluding hydrogens is 255 g/mol. The van der Waals surface area contributed by atoms with E-state index < -0.39 is 6.10 Å². The SMILES string of the molecule is OC(CCC1CCCCO1)c1cc(F)ccc1Cl. The lowest BCUT2D eigenvalue weighted by Gasteiger charge is -2.23. The third kappa shape index (κ3) is 3.67. The molecule has 0 aliphatic carbocycles. The molecule has 0 radical (unpaired) electrons. The molecule has 0 saturated carbocycles. The summed E-state index contributed by atoms with van der Waals surface area (Å²) < 4.78 is 18.7. The molecule has 0 spiro atoms.